The average molecular weight is 339 g/mol. The van der Waals surface area contributed by atoms with Crippen LogP contribution in [-0.4, -0.2) is 18.4 Å². The molecule has 23 heavy (non-hydrogen) atoms. The fraction of sp³-hybridized carbons (Fsp3) is 0.125. The van der Waals surface area contributed by atoms with Gasteiger partial charge in [0, 0.05) is 17.6 Å². The maximum absolute atomic E-state index is 13.4. The van der Waals surface area contributed by atoms with Crippen molar-refractivity contribution in [1.29, 1.82) is 0 Å². The van der Waals surface area contributed by atoms with Crippen molar-refractivity contribution in [1.82, 2.24) is 10.6 Å². The molecule has 2 N–H and O–H groups in total. The van der Waals surface area contributed by atoms with Gasteiger partial charge in [-0.05, 0) is 29.8 Å². The summed E-state index contributed by atoms with van der Waals surface area (Å²) in [6, 6.07) is 9.51. The van der Waals surface area contributed by atoms with Crippen molar-refractivity contribution in [3.63, 3.8) is 0 Å². The lowest BCUT2D eigenvalue weighted by Gasteiger charge is -2.08. The summed E-state index contributed by atoms with van der Waals surface area (Å²) < 4.78 is 26.2. The number of benzene rings is 2. The molecule has 0 aliphatic carbocycles. The van der Waals surface area contributed by atoms with Crippen LogP contribution in [0.1, 0.15) is 15.9 Å². The Hall–Kier alpha value is -2.47. The lowest BCUT2D eigenvalue weighted by atomic mass is 10.2. The lowest BCUT2D eigenvalue weighted by molar-refractivity contribution is -0.120. The molecule has 0 aromatic heterocycles. The Balaban J connectivity index is 1.81. The van der Waals surface area contributed by atoms with Gasteiger partial charge in [-0.3, -0.25) is 9.59 Å². The van der Waals surface area contributed by atoms with E-state index >= 15 is 0 Å². The summed E-state index contributed by atoms with van der Waals surface area (Å²) in [4.78, 5) is 23.4. The minimum Gasteiger partial charge on any atom is -0.350 e. The second kappa shape index (κ2) is 7.69. The van der Waals surface area contributed by atoms with Crippen LogP contribution in [0.3, 0.4) is 0 Å². The minimum absolute atomic E-state index is 0.275. The molecule has 0 saturated heterocycles. The van der Waals surface area contributed by atoms with Gasteiger partial charge >= 0.3 is 0 Å². The Morgan fingerprint density at radius 2 is 1.70 bits per heavy atom. The lowest BCUT2D eigenvalue weighted by Crippen LogP contribution is -2.36. The Kier molecular flexibility index (Phi) is 5.65. The summed E-state index contributed by atoms with van der Waals surface area (Å²) >= 11 is 5.75. The highest BCUT2D eigenvalue weighted by Crippen LogP contribution is 2.10. The molecule has 0 radical (unpaired) electrons. The molecule has 0 saturated carbocycles. The molecule has 0 spiro atoms. The van der Waals surface area contributed by atoms with E-state index in [0.29, 0.717) is 11.1 Å². The van der Waals surface area contributed by atoms with Gasteiger partial charge in [0.25, 0.3) is 5.91 Å². The average Bonchev–Trinajstić information content (AvgIpc) is 2.52. The summed E-state index contributed by atoms with van der Waals surface area (Å²) in [7, 11) is 0. The number of nitrogens with one attached hydrogen (secondary N) is 2. The molecule has 4 nitrogen and oxygen atoms in total. The molecule has 0 bridgehead atoms. The predicted octanol–water partition coefficient (Wildman–Crippen LogP) is 2.66. The van der Waals surface area contributed by atoms with Crippen LogP contribution < -0.4 is 10.6 Å². The standard InChI is InChI=1S/C16H13ClF2N2O2/c17-11-3-1-10(2-4-11)8-20-15(22)9-21-16(23)13-6-5-12(18)7-14(13)19/h1-7H,8-9H2,(H,20,22)(H,21,23). The molecule has 0 fully saturated rings. The Bertz CT molecular complexity index is 721. The summed E-state index contributed by atoms with van der Waals surface area (Å²) in [6.07, 6.45) is 0. The SMILES string of the molecule is O=C(CNC(=O)c1ccc(F)cc1F)NCc1ccc(Cl)cc1. The molecule has 0 unspecified atom stereocenters. The van der Waals surface area contributed by atoms with Crippen molar-refractivity contribution in [3.8, 4) is 0 Å². The molecule has 2 rings (SSSR count). The summed E-state index contributed by atoms with van der Waals surface area (Å²) in [5.74, 6) is -2.98. The Labute approximate surface area is 136 Å². The third kappa shape index (κ3) is 5.03. The third-order valence-electron chi connectivity index (χ3n) is 2.99. The fourth-order valence-corrected chi connectivity index (χ4v) is 1.92. The summed E-state index contributed by atoms with van der Waals surface area (Å²) in [5, 5.41) is 5.46. The van der Waals surface area contributed by atoms with Crippen molar-refractivity contribution < 1.29 is 18.4 Å². The largest absolute Gasteiger partial charge is 0.350 e. The first-order chi connectivity index (χ1) is 11.0. The zero-order valence-electron chi connectivity index (χ0n) is 11.9. The van der Waals surface area contributed by atoms with Crippen LogP contribution in [0.4, 0.5) is 8.78 Å². The number of hydrogen-bond acceptors (Lipinski definition) is 2. The van der Waals surface area contributed by atoms with Gasteiger partial charge in [-0.1, -0.05) is 23.7 Å². The van der Waals surface area contributed by atoms with Crippen LogP contribution in [0.5, 0.6) is 0 Å². The molecule has 2 aromatic carbocycles. The number of halogens is 3. The number of carbonyl (C=O) groups excluding carboxylic acids is 2. The normalized spacial score (nSPS) is 10.2. The van der Waals surface area contributed by atoms with E-state index in [1.54, 1.807) is 24.3 Å². The molecule has 120 valence electrons. The maximum Gasteiger partial charge on any atom is 0.254 e. The molecule has 7 heteroatoms. The van der Waals surface area contributed by atoms with Crippen LogP contribution in [0, 0.1) is 11.6 Å². The quantitative estimate of drug-likeness (QED) is 0.880. The van der Waals surface area contributed by atoms with Crippen LogP contribution >= 0.6 is 11.6 Å². The number of carbonyl (C=O) groups is 2. The molecule has 2 amide bonds. The van der Waals surface area contributed by atoms with Crippen LogP contribution in [-0.2, 0) is 11.3 Å². The van der Waals surface area contributed by atoms with Crippen molar-refractivity contribution >= 4 is 23.4 Å². The molecule has 0 heterocycles. The van der Waals surface area contributed by atoms with Gasteiger partial charge in [0.1, 0.15) is 11.6 Å². The predicted molar refractivity (Wildman–Crippen MR) is 82.0 cm³/mol. The zero-order valence-corrected chi connectivity index (χ0v) is 12.7. The highest BCUT2D eigenvalue weighted by Gasteiger charge is 2.13. The van der Waals surface area contributed by atoms with E-state index in [4.69, 9.17) is 11.6 Å². The highest BCUT2D eigenvalue weighted by atomic mass is 35.5. The van der Waals surface area contributed by atoms with Gasteiger partial charge in [-0.25, -0.2) is 8.78 Å². The van der Waals surface area contributed by atoms with Crippen LogP contribution in [0.25, 0.3) is 0 Å². The van der Waals surface area contributed by atoms with E-state index in [1.165, 1.54) is 0 Å². The van der Waals surface area contributed by atoms with Gasteiger partial charge in [-0.15, -0.1) is 0 Å². The number of amides is 2. The van der Waals surface area contributed by atoms with E-state index < -0.39 is 23.4 Å². The van der Waals surface area contributed by atoms with E-state index in [9.17, 15) is 18.4 Å². The second-order valence-electron chi connectivity index (χ2n) is 4.71. The highest BCUT2D eigenvalue weighted by molar-refractivity contribution is 6.30. The van der Waals surface area contributed by atoms with Crippen molar-refractivity contribution in [2.45, 2.75) is 6.54 Å². The monoisotopic (exact) mass is 338 g/mol. The molecule has 2 aromatic rings. The van der Waals surface area contributed by atoms with Crippen molar-refractivity contribution in [3.05, 3.63) is 70.2 Å². The summed E-state index contributed by atoms with van der Waals surface area (Å²) in [5.41, 5.74) is 0.524. The molecule has 0 atom stereocenters. The van der Waals surface area contributed by atoms with Gasteiger partial charge in [0.15, 0.2) is 0 Å². The van der Waals surface area contributed by atoms with E-state index in [1.807, 2.05) is 0 Å². The third-order valence-corrected chi connectivity index (χ3v) is 3.24. The van der Waals surface area contributed by atoms with Gasteiger partial charge in [0.2, 0.25) is 5.91 Å². The zero-order chi connectivity index (χ0) is 16.8. The van der Waals surface area contributed by atoms with Gasteiger partial charge in [0.05, 0.1) is 12.1 Å². The number of rotatable bonds is 5. The molecule has 0 aliphatic rings. The fourth-order valence-electron chi connectivity index (χ4n) is 1.79. The maximum atomic E-state index is 13.4. The Morgan fingerprint density at radius 3 is 2.35 bits per heavy atom. The smallest absolute Gasteiger partial charge is 0.254 e. The molecule has 0 aliphatic heterocycles. The van der Waals surface area contributed by atoms with Gasteiger partial charge < -0.3 is 10.6 Å². The summed E-state index contributed by atoms with van der Waals surface area (Å²) in [6.45, 7) is -0.0416. The van der Waals surface area contributed by atoms with E-state index in [0.717, 1.165) is 17.7 Å². The first kappa shape index (κ1) is 16.9. The van der Waals surface area contributed by atoms with Gasteiger partial charge in [-0.2, -0.15) is 0 Å². The van der Waals surface area contributed by atoms with E-state index in [2.05, 4.69) is 10.6 Å². The van der Waals surface area contributed by atoms with Crippen LogP contribution in [0.2, 0.25) is 5.02 Å². The molecular formula is C16H13ClF2N2O2. The first-order valence-electron chi connectivity index (χ1n) is 6.70. The van der Waals surface area contributed by atoms with Crippen molar-refractivity contribution in [2.75, 3.05) is 6.54 Å². The van der Waals surface area contributed by atoms with Crippen molar-refractivity contribution in [2.24, 2.45) is 0 Å². The Morgan fingerprint density at radius 1 is 1.00 bits per heavy atom. The van der Waals surface area contributed by atoms with E-state index in [-0.39, 0.29) is 18.7 Å². The second-order valence-corrected chi connectivity index (χ2v) is 5.15. The minimum atomic E-state index is -0.982. The first-order valence-corrected chi connectivity index (χ1v) is 7.08. The molecular weight excluding hydrogens is 326 g/mol. The topological polar surface area (TPSA) is 58.2 Å². The number of hydrogen-bond donors (Lipinski definition) is 2. The van der Waals surface area contributed by atoms with Crippen LogP contribution in [0.15, 0.2) is 42.5 Å².